The first-order chi connectivity index (χ1) is 8.70. The van der Waals surface area contributed by atoms with Crippen LogP contribution in [0.3, 0.4) is 0 Å². The van der Waals surface area contributed by atoms with Gasteiger partial charge >= 0.3 is 0 Å². The second kappa shape index (κ2) is 6.29. The summed E-state index contributed by atoms with van der Waals surface area (Å²) in [7, 11) is 0. The van der Waals surface area contributed by atoms with Crippen molar-refractivity contribution in [1.82, 2.24) is 9.80 Å². The zero-order chi connectivity index (χ0) is 13.0. The fourth-order valence-corrected chi connectivity index (χ4v) is 3.61. The maximum absolute atomic E-state index is 12.2. The first-order valence-corrected chi connectivity index (χ1v) is 7.34. The lowest BCUT2D eigenvalue weighted by Crippen LogP contribution is -2.52. The molecular formula is C11H20N4O2S. The van der Waals surface area contributed by atoms with Gasteiger partial charge in [-0.25, -0.2) is 0 Å². The van der Waals surface area contributed by atoms with Crippen molar-refractivity contribution < 1.29 is 10.0 Å². The summed E-state index contributed by atoms with van der Waals surface area (Å²) in [5.41, 5.74) is 5.47. The molecule has 18 heavy (non-hydrogen) atoms. The molecule has 0 saturated carbocycles. The number of hydrogen-bond acceptors (Lipinski definition) is 5. The highest BCUT2D eigenvalue weighted by atomic mass is 32.2. The molecule has 0 bridgehead atoms. The van der Waals surface area contributed by atoms with Crippen molar-refractivity contribution in [1.29, 1.82) is 0 Å². The molecule has 1 unspecified atom stereocenters. The Morgan fingerprint density at radius 3 is 2.67 bits per heavy atom. The molecular weight excluding hydrogens is 252 g/mol. The number of thioether (sulfide) groups is 1. The van der Waals surface area contributed by atoms with Crippen LogP contribution in [0.1, 0.15) is 12.8 Å². The summed E-state index contributed by atoms with van der Waals surface area (Å²) in [5.74, 6) is 1.63. The number of nitrogens with two attached hydrogens (primary N) is 1. The van der Waals surface area contributed by atoms with Crippen LogP contribution in [0.4, 0.5) is 0 Å². The summed E-state index contributed by atoms with van der Waals surface area (Å²) in [6, 6.07) is 0. The van der Waals surface area contributed by atoms with Crippen LogP contribution in [0.2, 0.25) is 0 Å². The van der Waals surface area contributed by atoms with Crippen molar-refractivity contribution in [3.63, 3.8) is 0 Å². The summed E-state index contributed by atoms with van der Waals surface area (Å²) < 4.78 is 0. The van der Waals surface area contributed by atoms with Gasteiger partial charge in [0.25, 0.3) is 0 Å². The van der Waals surface area contributed by atoms with E-state index in [1.54, 1.807) is 11.8 Å². The SMILES string of the molecule is NC(CN1CCN(C(=O)C2CCCS2)CC1)=NO. The van der Waals surface area contributed by atoms with Gasteiger partial charge in [0.15, 0.2) is 5.84 Å². The van der Waals surface area contributed by atoms with Gasteiger partial charge in [0.1, 0.15) is 0 Å². The smallest absolute Gasteiger partial charge is 0.235 e. The third-order valence-electron chi connectivity index (χ3n) is 3.40. The Balaban J connectivity index is 1.77. The van der Waals surface area contributed by atoms with Crippen LogP contribution in [-0.2, 0) is 4.79 Å². The van der Waals surface area contributed by atoms with Crippen LogP contribution in [0.25, 0.3) is 0 Å². The van der Waals surface area contributed by atoms with Crippen LogP contribution in [-0.4, -0.2) is 70.5 Å². The third-order valence-corrected chi connectivity index (χ3v) is 4.77. The number of hydrogen-bond donors (Lipinski definition) is 2. The zero-order valence-corrected chi connectivity index (χ0v) is 11.2. The topological polar surface area (TPSA) is 82.2 Å². The number of rotatable bonds is 3. The maximum Gasteiger partial charge on any atom is 0.235 e. The highest BCUT2D eigenvalue weighted by Gasteiger charge is 2.29. The standard InChI is InChI=1S/C11H20N4O2S/c12-10(13-17)8-14-3-5-15(6-4-14)11(16)9-2-1-7-18-9/h9,17H,1-8H2,(H2,12,13). The molecule has 1 atom stereocenters. The van der Waals surface area contributed by atoms with E-state index in [0.717, 1.165) is 44.8 Å². The second-order valence-electron chi connectivity index (χ2n) is 4.69. The molecule has 2 fully saturated rings. The van der Waals surface area contributed by atoms with Crippen molar-refractivity contribution in [2.24, 2.45) is 10.9 Å². The largest absolute Gasteiger partial charge is 0.409 e. The van der Waals surface area contributed by atoms with Crippen LogP contribution in [0.5, 0.6) is 0 Å². The Morgan fingerprint density at radius 1 is 1.39 bits per heavy atom. The number of carbonyl (C=O) groups is 1. The number of carbonyl (C=O) groups excluding carboxylic acids is 1. The Labute approximate surface area is 111 Å². The number of nitrogens with zero attached hydrogens (tertiary/aromatic N) is 3. The summed E-state index contributed by atoms with van der Waals surface area (Å²) >= 11 is 1.78. The molecule has 0 aromatic heterocycles. The van der Waals surface area contributed by atoms with E-state index in [-0.39, 0.29) is 11.1 Å². The Morgan fingerprint density at radius 2 is 2.11 bits per heavy atom. The van der Waals surface area contributed by atoms with E-state index in [4.69, 9.17) is 10.9 Å². The molecule has 2 saturated heterocycles. The summed E-state index contributed by atoms with van der Waals surface area (Å²) in [4.78, 5) is 16.2. The van der Waals surface area contributed by atoms with Gasteiger partial charge in [-0.05, 0) is 18.6 Å². The average molecular weight is 272 g/mol. The first kappa shape index (κ1) is 13.5. The van der Waals surface area contributed by atoms with Crippen molar-refractivity contribution in [2.45, 2.75) is 18.1 Å². The monoisotopic (exact) mass is 272 g/mol. The zero-order valence-electron chi connectivity index (χ0n) is 10.4. The van der Waals surface area contributed by atoms with Gasteiger partial charge in [0.05, 0.1) is 11.8 Å². The first-order valence-electron chi connectivity index (χ1n) is 6.30. The fourth-order valence-electron chi connectivity index (χ4n) is 2.36. The van der Waals surface area contributed by atoms with Crippen LogP contribution in [0, 0.1) is 0 Å². The van der Waals surface area contributed by atoms with Gasteiger partial charge in [-0.15, -0.1) is 11.8 Å². The van der Waals surface area contributed by atoms with Crippen LogP contribution >= 0.6 is 11.8 Å². The summed E-state index contributed by atoms with van der Waals surface area (Å²) in [6.07, 6.45) is 2.18. The van der Waals surface area contributed by atoms with E-state index in [1.165, 1.54) is 0 Å². The van der Waals surface area contributed by atoms with E-state index < -0.39 is 0 Å². The Kier molecular flexibility index (Phi) is 4.71. The van der Waals surface area contributed by atoms with Crippen LogP contribution < -0.4 is 5.73 Å². The van der Waals surface area contributed by atoms with E-state index in [0.29, 0.717) is 12.5 Å². The predicted octanol–water partition coefficient (Wildman–Crippen LogP) is -0.227. The minimum atomic E-state index is 0.181. The fraction of sp³-hybridized carbons (Fsp3) is 0.818. The van der Waals surface area contributed by atoms with Crippen molar-refractivity contribution in [2.75, 3.05) is 38.5 Å². The predicted molar refractivity (Wildman–Crippen MR) is 71.9 cm³/mol. The molecule has 2 heterocycles. The molecule has 0 radical (unpaired) electrons. The van der Waals surface area contributed by atoms with Crippen molar-refractivity contribution >= 4 is 23.5 Å². The molecule has 1 amide bonds. The van der Waals surface area contributed by atoms with E-state index in [1.807, 2.05) is 4.90 Å². The van der Waals surface area contributed by atoms with E-state index >= 15 is 0 Å². The molecule has 0 aliphatic carbocycles. The number of piperazine rings is 1. The minimum Gasteiger partial charge on any atom is -0.409 e. The lowest BCUT2D eigenvalue weighted by Gasteiger charge is -2.35. The molecule has 3 N–H and O–H groups in total. The number of amidine groups is 1. The van der Waals surface area contributed by atoms with Crippen molar-refractivity contribution in [3.8, 4) is 0 Å². The highest BCUT2D eigenvalue weighted by molar-refractivity contribution is 8.00. The number of oxime groups is 1. The maximum atomic E-state index is 12.2. The third kappa shape index (κ3) is 3.29. The molecule has 102 valence electrons. The molecule has 0 aromatic carbocycles. The van der Waals surface area contributed by atoms with Gasteiger partial charge < -0.3 is 15.8 Å². The Bertz CT molecular complexity index is 323. The number of amides is 1. The van der Waals surface area contributed by atoms with Crippen molar-refractivity contribution in [3.05, 3.63) is 0 Å². The molecule has 6 nitrogen and oxygen atoms in total. The lowest BCUT2D eigenvalue weighted by atomic mass is 10.2. The minimum absolute atomic E-state index is 0.181. The van der Waals surface area contributed by atoms with Crippen LogP contribution in [0.15, 0.2) is 5.16 Å². The molecule has 0 spiro atoms. The van der Waals surface area contributed by atoms with E-state index in [2.05, 4.69) is 10.1 Å². The molecule has 0 aromatic rings. The average Bonchev–Trinajstić information content (AvgIpc) is 2.92. The molecule has 2 rings (SSSR count). The molecule has 7 heteroatoms. The van der Waals surface area contributed by atoms with Gasteiger partial charge in [0.2, 0.25) is 5.91 Å². The quantitative estimate of drug-likeness (QED) is 0.321. The van der Waals surface area contributed by atoms with Gasteiger partial charge in [-0.2, -0.15) is 0 Å². The van der Waals surface area contributed by atoms with E-state index in [9.17, 15) is 4.79 Å². The van der Waals surface area contributed by atoms with Gasteiger partial charge in [-0.3, -0.25) is 9.69 Å². The summed E-state index contributed by atoms with van der Waals surface area (Å²) in [6.45, 7) is 3.54. The van der Waals surface area contributed by atoms with Gasteiger partial charge in [-0.1, -0.05) is 5.16 Å². The Hall–Kier alpha value is -0.950. The summed E-state index contributed by atoms with van der Waals surface area (Å²) in [5, 5.41) is 11.7. The lowest BCUT2D eigenvalue weighted by molar-refractivity contribution is -0.132. The normalized spacial score (nSPS) is 26.6. The second-order valence-corrected chi connectivity index (χ2v) is 6.01. The van der Waals surface area contributed by atoms with Gasteiger partial charge in [0, 0.05) is 26.2 Å². The molecule has 2 aliphatic heterocycles. The molecule has 2 aliphatic rings. The highest BCUT2D eigenvalue weighted by Crippen LogP contribution is 2.27.